The van der Waals surface area contributed by atoms with Crippen LogP contribution in [0.2, 0.25) is 0 Å². The van der Waals surface area contributed by atoms with Crippen molar-refractivity contribution in [1.29, 1.82) is 0 Å². The molecule has 2 aromatic rings. The summed E-state index contributed by atoms with van der Waals surface area (Å²) in [7, 11) is 0. The van der Waals surface area contributed by atoms with Crippen molar-refractivity contribution in [3.8, 4) is 5.69 Å². The molecule has 0 bridgehead atoms. The lowest BCUT2D eigenvalue weighted by atomic mass is 10.2. The molecule has 5 nitrogen and oxygen atoms in total. The van der Waals surface area contributed by atoms with Crippen LogP contribution < -0.4 is 0 Å². The van der Waals surface area contributed by atoms with E-state index in [4.69, 9.17) is 0 Å². The van der Waals surface area contributed by atoms with Gasteiger partial charge in [0.1, 0.15) is 5.82 Å². The Kier molecular flexibility index (Phi) is 4.50. The summed E-state index contributed by atoms with van der Waals surface area (Å²) in [6.45, 7) is 6.21. The predicted molar refractivity (Wildman–Crippen MR) is 100 cm³/mol. The molecule has 142 valence electrons. The first-order chi connectivity index (χ1) is 13.0. The van der Waals surface area contributed by atoms with E-state index >= 15 is 0 Å². The summed E-state index contributed by atoms with van der Waals surface area (Å²) in [5.74, 6) is 0.185. The molecule has 1 aromatic carbocycles. The van der Waals surface area contributed by atoms with Crippen molar-refractivity contribution < 1.29 is 14.0 Å². The van der Waals surface area contributed by atoms with Gasteiger partial charge in [-0.3, -0.25) is 9.59 Å². The van der Waals surface area contributed by atoms with Gasteiger partial charge in [-0.05, 0) is 57.0 Å². The molecule has 2 aliphatic rings. The molecule has 0 unspecified atom stereocenters. The van der Waals surface area contributed by atoms with Crippen LogP contribution in [0.15, 0.2) is 30.3 Å². The molecule has 1 aliphatic heterocycles. The Bertz CT molecular complexity index is 876. The number of halogens is 1. The van der Waals surface area contributed by atoms with Gasteiger partial charge in [-0.1, -0.05) is 0 Å². The molecule has 0 atom stereocenters. The first kappa shape index (κ1) is 17.8. The Morgan fingerprint density at radius 1 is 0.963 bits per heavy atom. The first-order valence-corrected chi connectivity index (χ1v) is 9.48. The van der Waals surface area contributed by atoms with E-state index in [1.165, 1.54) is 12.1 Å². The number of nitrogens with zero attached hydrogens (tertiary/aromatic N) is 3. The van der Waals surface area contributed by atoms with Crippen molar-refractivity contribution in [3.63, 3.8) is 0 Å². The third-order valence-corrected chi connectivity index (χ3v) is 5.55. The van der Waals surface area contributed by atoms with Crippen LogP contribution in [0, 0.1) is 25.6 Å². The maximum atomic E-state index is 13.2. The summed E-state index contributed by atoms with van der Waals surface area (Å²) in [5.41, 5.74) is 3.29. The monoisotopic (exact) mass is 369 g/mol. The number of aryl methyl sites for hydroxylation is 1. The number of rotatable bonds is 3. The summed E-state index contributed by atoms with van der Waals surface area (Å²) in [5, 5.41) is 0. The van der Waals surface area contributed by atoms with E-state index in [1.54, 1.807) is 12.1 Å². The molecule has 2 fully saturated rings. The predicted octanol–water partition coefficient (Wildman–Crippen LogP) is 2.93. The fourth-order valence-electron chi connectivity index (χ4n) is 3.86. The second-order valence-electron chi connectivity index (χ2n) is 7.49. The van der Waals surface area contributed by atoms with Crippen molar-refractivity contribution in [2.45, 2.75) is 26.7 Å². The van der Waals surface area contributed by atoms with Crippen molar-refractivity contribution >= 4 is 11.8 Å². The fraction of sp³-hybridized carbons (Fsp3) is 0.429. The third-order valence-electron chi connectivity index (χ3n) is 5.55. The maximum Gasteiger partial charge on any atom is 0.255 e. The number of hydrogen-bond acceptors (Lipinski definition) is 2. The topological polar surface area (TPSA) is 45.6 Å². The number of carbonyl (C=O) groups is 2. The van der Waals surface area contributed by atoms with Gasteiger partial charge in [0, 0.05) is 49.2 Å². The maximum absolute atomic E-state index is 13.2. The highest BCUT2D eigenvalue weighted by molar-refractivity contribution is 5.96. The van der Waals surface area contributed by atoms with Gasteiger partial charge >= 0.3 is 0 Å². The number of aromatic nitrogens is 1. The summed E-state index contributed by atoms with van der Waals surface area (Å²) < 4.78 is 15.2. The molecule has 6 heteroatoms. The van der Waals surface area contributed by atoms with Gasteiger partial charge in [-0.15, -0.1) is 0 Å². The summed E-state index contributed by atoms with van der Waals surface area (Å²) in [4.78, 5) is 28.9. The van der Waals surface area contributed by atoms with Crippen LogP contribution in [0.3, 0.4) is 0 Å². The molecule has 0 spiro atoms. The average molecular weight is 369 g/mol. The molecule has 27 heavy (non-hydrogen) atoms. The second-order valence-corrected chi connectivity index (χ2v) is 7.49. The number of benzene rings is 1. The largest absolute Gasteiger partial charge is 0.339 e. The van der Waals surface area contributed by atoms with Crippen LogP contribution in [-0.4, -0.2) is 52.4 Å². The SMILES string of the molecule is Cc1cc(C(=O)N2CCN(C(=O)C3CC3)CC2)c(C)n1-c1ccc(F)cc1. The van der Waals surface area contributed by atoms with Crippen molar-refractivity contribution in [3.05, 3.63) is 53.1 Å². The lowest BCUT2D eigenvalue weighted by molar-refractivity contribution is -0.134. The third kappa shape index (κ3) is 3.36. The summed E-state index contributed by atoms with van der Waals surface area (Å²) in [6, 6.07) is 8.16. The van der Waals surface area contributed by atoms with Crippen LogP contribution in [0.5, 0.6) is 0 Å². The molecule has 0 radical (unpaired) electrons. The lowest BCUT2D eigenvalue weighted by Gasteiger charge is -2.35. The Hall–Kier alpha value is -2.63. The molecule has 1 aromatic heterocycles. The van der Waals surface area contributed by atoms with E-state index in [0.717, 1.165) is 29.9 Å². The Balaban J connectivity index is 1.50. The highest BCUT2D eigenvalue weighted by Gasteiger charge is 2.35. The molecule has 0 N–H and O–H groups in total. The minimum atomic E-state index is -0.281. The van der Waals surface area contributed by atoms with Crippen molar-refractivity contribution in [2.24, 2.45) is 5.92 Å². The van der Waals surface area contributed by atoms with Crippen molar-refractivity contribution in [1.82, 2.24) is 14.4 Å². The number of hydrogen-bond donors (Lipinski definition) is 0. The summed E-state index contributed by atoms with van der Waals surface area (Å²) >= 11 is 0. The van der Waals surface area contributed by atoms with Gasteiger partial charge in [0.15, 0.2) is 0 Å². The number of carbonyl (C=O) groups excluding carboxylic acids is 2. The summed E-state index contributed by atoms with van der Waals surface area (Å²) in [6.07, 6.45) is 2.01. The van der Waals surface area contributed by atoms with Gasteiger partial charge in [0.25, 0.3) is 5.91 Å². The van der Waals surface area contributed by atoms with E-state index in [0.29, 0.717) is 31.7 Å². The fourth-order valence-corrected chi connectivity index (χ4v) is 3.86. The van der Waals surface area contributed by atoms with Crippen LogP contribution in [-0.2, 0) is 4.79 Å². The van der Waals surface area contributed by atoms with E-state index in [1.807, 2.05) is 34.3 Å². The smallest absolute Gasteiger partial charge is 0.255 e. The molecule has 1 aliphatic carbocycles. The van der Waals surface area contributed by atoms with Crippen LogP contribution in [0.25, 0.3) is 5.69 Å². The molecule has 1 saturated heterocycles. The lowest BCUT2D eigenvalue weighted by Crippen LogP contribution is -2.51. The molecule has 4 rings (SSSR count). The molecule has 2 amide bonds. The van der Waals surface area contributed by atoms with Crippen LogP contribution in [0.4, 0.5) is 4.39 Å². The standard InChI is InChI=1S/C21H24FN3O2/c1-14-13-19(15(2)25(14)18-7-5-17(22)6-8-18)21(27)24-11-9-23(10-12-24)20(26)16-3-4-16/h5-8,13,16H,3-4,9-12H2,1-2H3. The van der Waals surface area contributed by atoms with Gasteiger partial charge in [-0.25, -0.2) is 4.39 Å². The van der Waals surface area contributed by atoms with E-state index in [9.17, 15) is 14.0 Å². The van der Waals surface area contributed by atoms with Crippen molar-refractivity contribution in [2.75, 3.05) is 26.2 Å². The minimum absolute atomic E-state index is 0.00465. The quantitative estimate of drug-likeness (QED) is 0.835. The van der Waals surface area contributed by atoms with E-state index in [2.05, 4.69) is 0 Å². The average Bonchev–Trinajstić information content (AvgIpc) is 3.48. The zero-order valence-electron chi connectivity index (χ0n) is 15.7. The van der Waals surface area contributed by atoms with E-state index < -0.39 is 0 Å². The van der Waals surface area contributed by atoms with E-state index in [-0.39, 0.29) is 23.5 Å². The van der Waals surface area contributed by atoms with Gasteiger partial charge in [0.05, 0.1) is 5.56 Å². The highest BCUT2D eigenvalue weighted by Crippen LogP contribution is 2.31. The Morgan fingerprint density at radius 2 is 1.56 bits per heavy atom. The molecule has 2 heterocycles. The van der Waals surface area contributed by atoms with Crippen LogP contribution in [0.1, 0.15) is 34.6 Å². The first-order valence-electron chi connectivity index (χ1n) is 9.48. The number of piperazine rings is 1. The second kappa shape index (κ2) is 6.83. The number of amides is 2. The highest BCUT2D eigenvalue weighted by atomic mass is 19.1. The minimum Gasteiger partial charge on any atom is -0.339 e. The van der Waals surface area contributed by atoms with Gasteiger partial charge in [-0.2, -0.15) is 0 Å². The van der Waals surface area contributed by atoms with Gasteiger partial charge < -0.3 is 14.4 Å². The Labute approximate surface area is 158 Å². The van der Waals surface area contributed by atoms with Gasteiger partial charge in [0.2, 0.25) is 5.91 Å². The normalized spacial score (nSPS) is 17.3. The molecular weight excluding hydrogens is 345 g/mol. The zero-order valence-corrected chi connectivity index (χ0v) is 15.7. The van der Waals surface area contributed by atoms with Crippen LogP contribution >= 0.6 is 0 Å². The molecule has 1 saturated carbocycles. The zero-order chi connectivity index (χ0) is 19.1. The molecular formula is C21H24FN3O2. The Morgan fingerprint density at radius 3 is 2.15 bits per heavy atom.